The smallest absolute Gasteiger partial charge is 0.0370 e. The Hall–Kier alpha value is -0.120. The van der Waals surface area contributed by atoms with E-state index in [0.29, 0.717) is 18.1 Å². The van der Waals surface area contributed by atoms with Crippen molar-refractivity contribution >= 4 is 0 Å². The van der Waals surface area contributed by atoms with E-state index >= 15 is 0 Å². The van der Waals surface area contributed by atoms with Crippen molar-refractivity contribution < 1.29 is 0 Å². The molecule has 3 nitrogen and oxygen atoms in total. The van der Waals surface area contributed by atoms with Crippen LogP contribution in [0.5, 0.6) is 0 Å². The molecule has 1 fully saturated rings. The van der Waals surface area contributed by atoms with E-state index in [2.05, 4.69) is 77.5 Å². The Morgan fingerprint density at radius 2 is 1.70 bits per heavy atom. The SMILES string of the molecule is CCC(CCN(C)C(C)C(C)N1CCC(C(C)C)N1C)C(C)C. The van der Waals surface area contributed by atoms with Crippen LogP contribution in [0, 0.1) is 17.8 Å². The van der Waals surface area contributed by atoms with Crippen molar-refractivity contribution in [2.45, 2.75) is 85.9 Å². The van der Waals surface area contributed by atoms with E-state index in [0.717, 1.165) is 17.8 Å². The van der Waals surface area contributed by atoms with Crippen LogP contribution in [-0.4, -0.2) is 60.2 Å². The summed E-state index contributed by atoms with van der Waals surface area (Å²) in [6, 6.07) is 1.88. The van der Waals surface area contributed by atoms with Crippen LogP contribution in [-0.2, 0) is 0 Å². The number of hydrazine groups is 1. The zero-order valence-corrected chi connectivity index (χ0v) is 17.3. The normalized spacial score (nSPS) is 24.8. The molecule has 0 aliphatic carbocycles. The molecule has 0 aromatic heterocycles. The van der Waals surface area contributed by atoms with Gasteiger partial charge >= 0.3 is 0 Å². The number of likely N-dealkylation sites (N-methyl/N-ethyl adjacent to an activating group) is 1. The van der Waals surface area contributed by atoms with Gasteiger partial charge in [-0.05, 0) is 58.0 Å². The summed E-state index contributed by atoms with van der Waals surface area (Å²) in [4.78, 5) is 2.58. The highest BCUT2D eigenvalue weighted by molar-refractivity contribution is 4.86. The van der Waals surface area contributed by atoms with Gasteiger partial charge < -0.3 is 4.90 Å². The van der Waals surface area contributed by atoms with E-state index in [9.17, 15) is 0 Å². The van der Waals surface area contributed by atoms with Crippen molar-refractivity contribution in [1.82, 2.24) is 14.9 Å². The third-order valence-electron chi connectivity index (χ3n) is 6.49. The second kappa shape index (κ2) is 9.39. The van der Waals surface area contributed by atoms with Gasteiger partial charge in [0.15, 0.2) is 0 Å². The number of hydrogen-bond donors (Lipinski definition) is 0. The first-order chi connectivity index (χ1) is 10.7. The lowest BCUT2D eigenvalue weighted by atomic mass is 9.90. The van der Waals surface area contributed by atoms with Crippen LogP contribution in [0.1, 0.15) is 67.7 Å². The monoisotopic (exact) mass is 325 g/mol. The molecule has 4 atom stereocenters. The van der Waals surface area contributed by atoms with Gasteiger partial charge in [0, 0.05) is 31.7 Å². The zero-order valence-electron chi connectivity index (χ0n) is 17.3. The van der Waals surface area contributed by atoms with Crippen molar-refractivity contribution in [3.63, 3.8) is 0 Å². The average Bonchev–Trinajstić information content (AvgIpc) is 2.87. The van der Waals surface area contributed by atoms with Gasteiger partial charge in [0.05, 0.1) is 0 Å². The predicted molar refractivity (Wildman–Crippen MR) is 103 cm³/mol. The molecule has 1 rings (SSSR count). The maximum Gasteiger partial charge on any atom is 0.0370 e. The van der Waals surface area contributed by atoms with E-state index in [1.807, 2.05) is 0 Å². The average molecular weight is 326 g/mol. The first kappa shape index (κ1) is 20.9. The first-order valence-corrected chi connectivity index (χ1v) is 9.90. The van der Waals surface area contributed by atoms with Gasteiger partial charge in [0.2, 0.25) is 0 Å². The summed E-state index contributed by atoms with van der Waals surface area (Å²) < 4.78 is 0. The van der Waals surface area contributed by atoms with E-state index in [4.69, 9.17) is 0 Å². The van der Waals surface area contributed by atoms with Crippen LogP contribution in [0.2, 0.25) is 0 Å². The van der Waals surface area contributed by atoms with Crippen molar-refractivity contribution in [1.29, 1.82) is 0 Å². The number of rotatable bonds is 9. The quantitative estimate of drug-likeness (QED) is 0.624. The Kier molecular flexibility index (Phi) is 8.54. The first-order valence-electron chi connectivity index (χ1n) is 9.90. The van der Waals surface area contributed by atoms with Crippen molar-refractivity contribution in [2.24, 2.45) is 17.8 Å². The van der Waals surface area contributed by atoms with Gasteiger partial charge in [-0.3, -0.25) is 0 Å². The highest BCUT2D eigenvalue weighted by Gasteiger charge is 2.35. The van der Waals surface area contributed by atoms with Crippen LogP contribution in [0.4, 0.5) is 0 Å². The van der Waals surface area contributed by atoms with Gasteiger partial charge in [-0.15, -0.1) is 0 Å². The van der Waals surface area contributed by atoms with E-state index in [1.54, 1.807) is 0 Å². The Bertz CT molecular complexity index is 329. The summed E-state index contributed by atoms with van der Waals surface area (Å²) in [5.41, 5.74) is 0. The lowest BCUT2D eigenvalue weighted by Gasteiger charge is -2.40. The van der Waals surface area contributed by atoms with Crippen molar-refractivity contribution in [3.8, 4) is 0 Å². The molecule has 1 heterocycles. The lowest BCUT2D eigenvalue weighted by molar-refractivity contribution is -0.0440. The van der Waals surface area contributed by atoms with Crippen LogP contribution in [0.25, 0.3) is 0 Å². The van der Waals surface area contributed by atoms with E-state index < -0.39 is 0 Å². The van der Waals surface area contributed by atoms with Crippen molar-refractivity contribution in [2.75, 3.05) is 27.2 Å². The molecule has 0 spiro atoms. The minimum Gasteiger partial charge on any atom is -0.302 e. The molecule has 0 aromatic carbocycles. The molecule has 0 radical (unpaired) electrons. The molecule has 23 heavy (non-hydrogen) atoms. The second-order valence-corrected chi connectivity index (χ2v) is 8.50. The fourth-order valence-electron chi connectivity index (χ4n) is 4.25. The van der Waals surface area contributed by atoms with Crippen LogP contribution < -0.4 is 0 Å². The molecule has 1 saturated heterocycles. The fourth-order valence-corrected chi connectivity index (χ4v) is 4.25. The van der Waals surface area contributed by atoms with Crippen LogP contribution >= 0.6 is 0 Å². The molecule has 0 aromatic rings. The molecule has 138 valence electrons. The molecule has 1 aliphatic rings. The molecule has 3 heteroatoms. The number of nitrogens with zero attached hydrogens (tertiary/aromatic N) is 3. The summed E-state index contributed by atoms with van der Waals surface area (Å²) in [7, 11) is 4.59. The topological polar surface area (TPSA) is 9.72 Å². The van der Waals surface area contributed by atoms with Crippen LogP contribution in [0.3, 0.4) is 0 Å². The third kappa shape index (κ3) is 5.44. The summed E-state index contributed by atoms with van der Waals surface area (Å²) in [6.45, 7) is 19.0. The Morgan fingerprint density at radius 1 is 1.09 bits per heavy atom. The Labute approximate surface area is 146 Å². The molecule has 0 bridgehead atoms. The summed E-state index contributed by atoms with van der Waals surface area (Å²) >= 11 is 0. The lowest BCUT2D eigenvalue weighted by Crippen LogP contribution is -2.52. The van der Waals surface area contributed by atoms with Gasteiger partial charge in [0.1, 0.15) is 0 Å². The largest absolute Gasteiger partial charge is 0.302 e. The van der Waals surface area contributed by atoms with Gasteiger partial charge in [-0.2, -0.15) is 0 Å². The Morgan fingerprint density at radius 3 is 2.13 bits per heavy atom. The fraction of sp³-hybridized carbons (Fsp3) is 1.00. The Balaban J connectivity index is 2.54. The summed E-state index contributed by atoms with van der Waals surface area (Å²) in [6.07, 6.45) is 3.94. The third-order valence-corrected chi connectivity index (χ3v) is 6.49. The predicted octanol–water partition coefficient (Wildman–Crippen LogP) is 4.34. The zero-order chi connectivity index (χ0) is 17.7. The highest BCUT2D eigenvalue weighted by atomic mass is 15.7. The molecular formula is C20H43N3. The summed E-state index contributed by atoms with van der Waals surface area (Å²) in [5.74, 6) is 2.40. The minimum absolute atomic E-state index is 0.577. The molecule has 1 aliphatic heterocycles. The van der Waals surface area contributed by atoms with Gasteiger partial charge in [0.25, 0.3) is 0 Å². The molecule has 0 N–H and O–H groups in total. The minimum atomic E-state index is 0.577. The summed E-state index contributed by atoms with van der Waals surface area (Å²) in [5, 5.41) is 5.12. The molecule has 0 saturated carbocycles. The van der Waals surface area contributed by atoms with Gasteiger partial charge in [-0.25, -0.2) is 10.0 Å². The van der Waals surface area contributed by atoms with Crippen LogP contribution in [0.15, 0.2) is 0 Å². The van der Waals surface area contributed by atoms with E-state index in [-0.39, 0.29) is 0 Å². The van der Waals surface area contributed by atoms with Crippen molar-refractivity contribution in [3.05, 3.63) is 0 Å². The number of hydrogen-bond acceptors (Lipinski definition) is 3. The standard InChI is InChI=1S/C20H43N3/c1-10-19(15(2)3)11-13-21(8)17(6)18(7)23-14-12-20(16(4)5)22(23)9/h15-20H,10-14H2,1-9H3. The molecule has 4 unspecified atom stereocenters. The van der Waals surface area contributed by atoms with Gasteiger partial charge in [-0.1, -0.05) is 41.0 Å². The molecule has 0 amide bonds. The second-order valence-electron chi connectivity index (χ2n) is 8.50. The maximum absolute atomic E-state index is 2.60. The van der Waals surface area contributed by atoms with E-state index in [1.165, 1.54) is 32.4 Å². The molecular weight excluding hydrogens is 282 g/mol. The highest BCUT2D eigenvalue weighted by Crippen LogP contribution is 2.27. The maximum atomic E-state index is 2.60.